The summed E-state index contributed by atoms with van der Waals surface area (Å²) < 4.78 is 68.4. The van der Waals surface area contributed by atoms with E-state index in [1.807, 2.05) is 42.5 Å². The SMILES string of the molecule is Oc1ccc2c(c1)CCCC(c1ccccc1)=C2c1ccc(OCCCCSCCCC(F)(F)C(F)(F)F)cc1. The average Bonchev–Trinajstić information content (AvgIpc) is 3.11. The van der Waals surface area contributed by atoms with Gasteiger partial charge in [0.25, 0.3) is 0 Å². The van der Waals surface area contributed by atoms with Crippen LogP contribution >= 0.6 is 11.8 Å². The highest BCUT2D eigenvalue weighted by Gasteiger charge is 2.56. The first-order chi connectivity index (χ1) is 19.2. The summed E-state index contributed by atoms with van der Waals surface area (Å²) in [6.45, 7) is 0.492. The van der Waals surface area contributed by atoms with Gasteiger partial charge in [-0.1, -0.05) is 48.5 Å². The van der Waals surface area contributed by atoms with Gasteiger partial charge in [0.05, 0.1) is 6.61 Å². The lowest BCUT2D eigenvalue weighted by Gasteiger charge is -2.19. The van der Waals surface area contributed by atoms with Gasteiger partial charge in [0, 0.05) is 6.42 Å². The zero-order chi connectivity index (χ0) is 28.6. The zero-order valence-corrected chi connectivity index (χ0v) is 23.0. The molecule has 0 atom stereocenters. The number of benzene rings is 3. The number of alkyl halides is 5. The number of unbranched alkanes of at least 4 members (excludes halogenated alkanes) is 1. The molecule has 0 aromatic heterocycles. The molecule has 0 saturated heterocycles. The van der Waals surface area contributed by atoms with Crippen LogP contribution in [0.2, 0.25) is 0 Å². The normalized spacial score (nSPS) is 14.1. The Hall–Kier alpha value is -3.00. The molecular formula is C32H33F5O2S. The summed E-state index contributed by atoms with van der Waals surface area (Å²) >= 11 is 1.39. The molecule has 3 aromatic carbocycles. The minimum absolute atomic E-state index is 0.173. The molecule has 0 bridgehead atoms. The van der Waals surface area contributed by atoms with Gasteiger partial charge in [-0.05, 0) is 108 Å². The standard InChI is InChI=1S/C32H33F5O2S/c33-31(34,32(35,36)37)18-7-21-40-20-5-4-19-39-27-15-12-24(13-16-27)30-28(23-8-2-1-3-9-23)11-6-10-25-22-26(38)14-17-29(25)30/h1-3,8-9,12-17,22,38H,4-7,10-11,18-21H2. The monoisotopic (exact) mass is 576 g/mol. The van der Waals surface area contributed by atoms with Crippen molar-refractivity contribution in [2.75, 3.05) is 18.1 Å². The number of allylic oxidation sites excluding steroid dienone is 1. The highest BCUT2D eigenvalue weighted by atomic mass is 32.2. The summed E-state index contributed by atoms with van der Waals surface area (Å²) in [5.74, 6) is -2.64. The maximum Gasteiger partial charge on any atom is 0.453 e. The molecule has 2 nitrogen and oxygen atoms in total. The van der Waals surface area contributed by atoms with Gasteiger partial charge in [0.1, 0.15) is 11.5 Å². The molecular weight excluding hydrogens is 543 g/mol. The number of hydrogen-bond donors (Lipinski definition) is 1. The summed E-state index contributed by atoms with van der Waals surface area (Å²) in [6, 6.07) is 24.0. The number of thioether (sulfide) groups is 1. The van der Waals surface area contributed by atoms with E-state index in [-0.39, 0.29) is 17.9 Å². The second-order valence-corrected chi connectivity index (χ2v) is 11.1. The molecule has 0 aliphatic heterocycles. The predicted molar refractivity (Wildman–Crippen MR) is 152 cm³/mol. The minimum Gasteiger partial charge on any atom is -0.508 e. The first-order valence-electron chi connectivity index (χ1n) is 13.5. The van der Waals surface area contributed by atoms with Crippen LogP contribution < -0.4 is 4.74 Å². The fourth-order valence-electron chi connectivity index (χ4n) is 4.89. The fourth-order valence-corrected chi connectivity index (χ4v) is 5.85. The molecule has 0 amide bonds. The summed E-state index contributed by atoms with van der Waals surface area (Å²) in [5, 5.41) is 10.1. The Kier molecular flexibility index (Phi) is 10.2. The zero-order valence-electron chi connectivity index (χ0n) is 22.2. The van der Waals surface area contributed by atoms with Crippen molar-refractivity contribution in [3.05, 3.63) is 95.1 Å². The predicted octanol–water partition coefficient (Wildman–Crippen LogP) is 9.56. The second kappa shape index (κ2) is 13.6. The quantitative estimate of drug-likeness (QED) is 0.172. The summed E-state index contributed by atoms with van der Waals surface area (Å²) in [7, 11) is 0. The van der Waals surface area contributed by atoms with E-state index in [0.29, 0.717) is 12.4 Å². The van der Waals surface area contributed by atoms with E-state index in [1.54, 1.807) is 6.07 Å². The van der Waals surface area contributed by atoms with Crippen molar-refractivity contribution in [1.29, 1.82) is 0 Å². The van der Waals surface area contributed by atoms with Gasteiger partial charge in [-0.15, -0.1) is 0 Å². The van der Waals surface area contributed by atoms with Crippen molar-refractivity contribution in [2.45, 2.75) is 57.0 Å². The molecule has 4 rings (SSSR count). The largest absolute Gasteiger partial charge is 0.508 e. The Bertz CT molecular complexity index is 1270. The van der Waals surface area contributed by atoms with Crippen molar-refractivity contribution >= 4 is 22.9 Å². The number of phenolic OH excluding ortho intramolecular Hbond substituents is 1. The van der Waals surface area contributed by atoms with Gasteiger partial charge in [-0.25, -0.2) is 0 Å². The van der Waals surface area contributed by atoms with Crippen molar-refractivity contribution in [1.82, 2.24) is 0 Å². The lowest BCUT2D eigenvalue weighted by Crippen LogP contribution is -2.36. The molecule has 8 heteroatoms. The number of fused-ring (bicyclic) bond motifs is 1. The number of halogens is 5. The maximum absolute atomic E-state index is 12.9. The molecule has 1 aliphatic carbocycles. The molecule has 1 N–H and O–H groups in total. The number of aryl methyl sites for hydroxylation is 1. The molecule has 1 aliphatic rings. The third-order valence-electron chi connectivity index (χ3n) is 6.94. The number of hydrogen-bond acceptors (Lipinski definition) is 3. The van der Waals surface area contributed by atoms with E-state index in [9.17, 15) is 27.1 Å². The van der Waals surface area contributed by atoms with Crippen LogP contribution in [0.25, 0.3) is 11.1 Å². The van der Waals surface area contributed by atoms with Gasteiger partial charge >= 0.3 is 12.1 Å². The van der Waals surface area contributed by atoms with Crippen molar-refractivity contribution in [3.8, 4) is 11.5 Å². The molecule has 0 radical (unpaired) electrons. The van der Waals surface area contributed by atoms with Crippen molar-refractivity contribution < 1.29 is 31.8 Å². The Morgan fingerprint density at radius 2 is 1.50 bits per heavy atom. The number of ether oxygens (including phenoxy) is 1. The average molecular weight is 577 g/mol. The Morgan fingerprint density at radius 1 is 0.775 bits per heavy atom. The van der Waals surface area contributed by atoms with Gasteiger partial charge in [0.15, 0.2) is 0 Å². The van der Waals surface area contributed by atoms with Crippen LogP contribution in [-0.4, -0.2) is 35.3 Å². The van der Waals surface area contributed by atoms with E-state index in [0.717, 1.165) is 60.1 Å². The summed E-state index contributed by atoms with van der Waals surface area (Å²) in [5.41, 5.74) is 6.96. The van der Waals surface area contributed by atoms with Gasteiger partial charge < -0.3 is 9.84 Å². The molecule has 3 aromatic rings. The Balaban J connectivity index is 1.32. The van der Waals surface area contributed by atoms with E-state index in [2.05, 4.69) is 24.3 Å². The minimum atomic E-state index is -5.47. The van der Waals surface area contributed by atoms with Gasteiger partial charge in [0.2, 0.25) is 0 Å². The van der Waals surface area contributed by atoms with Crippen LogP contribution in [0.4, 0.5) is 22.0 Å². The fraction of sp³-hybridized carbons (Fsp3) is 0.375. The Labute approximate surface area is 236 Å². The van der Waals surface area contributed by atoms with Crippen LogP contribution in [0.1, 0.15) is 60.8 Å². The summed E-state index contributed by atoms with van der Waals surface area (Å²) in [4.78, 5) is 0. The first kappa shape index (κ1) is 30.0. The number of rotatable bonds is 12. The molecule has 0 heterocycles. The maximum atomic E-state index is 12.9. The highest BCUT2D eigenvalue weighted by Crippen LogP contribution is 2.41. The van der Waals surface area contributed by atoms with E-state index < -0.39 is 18.5 Å². The van der Waals surface area contributed by atoms with E-state index in [1.165, 1.54) is 22.9 Å². The van der Waals surface area contributed by atoms with Gasteiger partial charge in [-0.2, -0.15) is 33.7 Å². The topological polar surface area (TPSA) is 29.5 Å². The van der Waals surface area contributed by atoms with E-state index >= 15 is 0 Å². The van der Waals surface area contributed by atoms with Crippen LogP contribution in [0.5, 0.6) is 11.5 Å². The first-order valence-corrected chi connectivity index (χ1v) is 14.7. The van der Waals surface area contributed by atoms with Crippen LogP contribution in [-0.2, 0) is 6.42 Å². The molecule has 0 spiro atoms. The molecule has 40 heavy (non-hydrogen) atoms. The van der Waals surface area contributed by atoms with Crippen molar-refractivity contribution in [2.24, 2.45) is 0 Å². The molecule has 0 saturated carbocycles. The lowest BCUT2D eigenvalue weighted by atomic mass is 9.88. The van der Waals surface area contributed by atoms with Crippen molar-refractivity contribution in [3.63, 3.8) is 0 Å². The number of phenols is 1. The summed E-state index contributed by atoms with van der Waals surface area (Å²) in [6.07, 6.45) is -2.46. The van der Waals surface area contributed by atoms with E-state index in [4.69, 9.17) is 4.74 Å². The van der Waals surface area contributed by atoms with Crippen LogP contribution in [0.15, 0.2) is 72.8 Å². The van der Waals surface area contributed by atoms with Crippen LogP contribution in [0.3, 0.4) is 0 Å². The second-order valence-electron chi connectivity index (χ2n) is 9.91. The van der Waals surface area contributed by atoms with Crippen LogP contribution in [0, 0.1) is 0 Å². The third-order valence-corrected chi connectivity index (χ3v) is 8.10. The smallest absolute Gasteiger partial charge is 0.453 e. The molecule has 0 fully saturated rings. The highest BCUT2D eigenvalue weighted by molar-refractivity contribution is 7.99. The molecule has 214 valence electrons. The van der Waals surface area contributed by atoms with Gasteiger partial charge in [-0.3, -0.25) is 0 Å². The Morgan fingerprint density at radius 3 is 2.23 bits per heavy atom. The third kappa shape index (κ3) is 7.80. The lowest BCUT2D eigenvalue weighted by molar-refractivity contribution is -0.284. The molecule has 0 unspecified atom stereocenters. The number of aromatic hydroxyl groups is 1.